The van der Waals surface area contributed by atoms with Crippen molar-refractivity contribution >= 4 is 5.82 Å². The number of nitrogens with two attached hydrogens (primary N) is 1. The second-order valence-corrected chi connectivity index (χ2v) is 4.40. The third-order valence-electron chi connectivity index (χ3n) is 2.90. The van der Waals surface area contributed by atoms with Gasteiger partial charge < -0.3 is 15.8 Å². The van der Waals surface area contributed by atoms with Crippen LogP contribution in [0.15, 0.2) is 18.3 Å². The summed E-state index contributed by atoms with van der Waals surface area (Å²) in [5.41, 5.74) is 5.64. The Hall–Kier alpha value is -1.29. The van der Waals surface area contributed by atoms with E-state index in [4.69, 9.17) is 10.5 Å². The van der Waals surface area contributed by atoms with Gasteiger partial charge in [0.15, 0.2) is 11.6 Å². The van der Waals surface area contributed by atoms with Crippen molar-refractivity contribution in [2.45, 2.75) is 33.1 Å². The topological polar surface area (TPSA) is 60.2 Å². The van der Waals surface area contributed by atoms with E-state index in [0.29, 0.717) is 12.5 Å². The molecule has 3 N–H and O–H groups in total. The molecule has 4 heteroatoms. The number of pyridine rings is 1. The van der Waals surface area contributed by atoms with E-state index in [0.717, 1.165) is 31.1 Å². The van der Waals surface area contributed by atoms with Gasteiger partial charge in [0.1, 0.15) is 0 Å². The maximum atomic E-state index is 5.64. The predicted octanol–water partition coefficient (Wildman–Crippen LogP) is 2.66. The second kappa shape index (κ2) is 8.75. The SMILES string of the molecule is CCCC(CCN)CNc1ncccc1OCC. The van der Waals surface area contributed by atoms with Crippen molar-refractivity contribution in [1.82, 2.24) is 4.98 Å². The van der Waals surface area contributed by atoms with Crippen molar-refractivity contribution in [2.75, 3.05) is 25.0 Å². The van der Waals surface area contributed by atoms with E-state index >= 15 is 0 Å². The minimum Gasteiger partial charge on any atom is -0.490 e. The van der Waals surface area contributed by atoms with Crippen LogP contribution in [-0.2, 0) is 0 Å². The highest BCUT2D eigenvalue weighted by Crippen LogP contribution is 2.21. The molecule has 0 spiro atoms. The molecule has 0 aliphatic heterocycles. The summed E-state index contributed by atoms with van der Waals surface area (Å²) in [6, 6.07) is 3.83. The molecule has 102 valence electrons. The maximum absolute atomic E-state index is 5.64. The Morgan fingerprint density at radius 2 is 2.22 bits per heavy atom. The molecule has 0 radical (unpaired) electrons. The summed E-state index contributed by atoms with van der Waals surface area (Å²) in [6.07, 6.45) is 5.22. The number of anilines is 1. The average molecular weight is 251 g/mol. The Balaban J connectivity index is 2.54. The highest BCUT2D eigenvalue weighted by Gasteiger charge is 2.09. The van der Waals surface area contributed by atoms with Gasteiger partial charge in [0.25, 0.3) is 0 Å². The first-order valence-electron chi connectivity index (χ1n) is 6.83. The fourth-order valence-corrected chi connectivity index (χ4v) is 2.03. The molecule has 18 heavy (non-hydrogen) atoms. The van der Waals surface area contributed by atoms with Crippen LogP contribution in [0, 0.1) is 5.92 Å². The highest BCUT2D eigenvalue weighted by molar-refractivity contribution is 5.49. The van der Waals surface area contributed by atoms with Crippen LogP contribution in [-0.4, -0.2) is 24.7 Å². The average Bonchev–Trinajstić information content (AvgIpc) is 2.38. The zero-order chi connectivity index (χ0) is 13.2. The lowest BCUT2D eigenvalue weighted by Gasteiger charge is -2.17. The Kier molecular flexibility index (Phi) is 7.18. The van der Waals surface area contributed by atoms with Gasteiger partial charge in [-0.3, -0.25) is 0 Å². The fourth-order valence-electron chi connectivity index (χ4n) is 2.03. The highest BCUT2D eigenvalue weighted by atomic mass is 16.5. The molecule has 1 aromatic rings. The van der Waals surface area contributed by atoms with Crippen LogP contribution in [0.5, 0.6) is 5.75 Å². The summed E-state index contributed by atoms with van der Waals surface area (Å²) in [7, 11) is 0. The number of hydrogen-bond acceptors (Lipinski definition) is 4. The van der Waals surface area contributed by atoms with E-state index in [2.05, 4.69) is 17.2 Å². The van der Waals surface area contributed by atoms with Gasteiger partial charge in [-0.15, -0.1) is 0 Å². The van der Waals surface area contributed by atoms with Crippen LogP contribution in [0.3, 0.4) is 0 Å². The fraction of sp³-hybridized carbons (Fsp3) is 0.643. The first-order valence-corrected chi connectivity index (χ1v) is 6.83. The van der Waals surface area contributed by atoms with E-state index in [1.807, 2.05) is 19.1 Å². The van der Waals surface area contributed by atoms with E-state index in [-0.39, 0.29) is 0 Å². The lowest BCUT2D eigenvalue weighted by molar-refractivity contribution is 0.340. The Morgan fingerprint density at radius 3 is 2.89 bits per heavy atom. The Morgan fingerprint density at radius 1 is 1.39 bits per heavy atom. The molecule has 0 amide bonds. The van der Waals surface area contributed by atoms with Gasteiger partial charge in [-0.2, -0.15) is 0 Å². The number of ether oxygens (including phenoxy) is 1. The number of hydrogen-bond donors (Lipinski definition) is 2. The summed E-state index contributed by atoms with van der Waals surface area (Å²) in [4.78, 5) is 4.32. The molecule has 1 rings (SSSR count). The summed E-state index contributed by atoms with van der Waals surface area (Å²) in [5.74, 6) is 2.26. The normalized spacial score (nSPS) is 12.2. The van der Waals surface area contributed by atoms with Gasteiger partial charge in [-0.05, 0) is 44.4 Å². The summed E-state index contributed by atoms with van der Waals surface area (Å²) < 4.78 is 5.54. The van der Waals surface area contributed by atoms with Crippen molar-refractivity contribution in [3.63, 3.8) is 0 Å². The van der Waals surface area contributed by atoms with E-state index in [1.54, 1.807) is 6.20 Å². The zero-order valence-corrected chi connectivity index (χ0v) is 11.5. The van der Waals surface area contributed by atoms with Crippen LogP contribution in [0.1, 0.15) is 33.1 Å². The van der Waals surface area contributed by atoms with Gasteiger partial charge in [0, 0.05) is 12.7 Å². The molecule has 1 unspecified atom stereocenters. The Bertz CT molecular complexity index is 325. The smallest absolute Gasteiger partial charge is 0.168 e. The summed E-state index contributed by atoms with van der Waals surface area (Å²) >= 11 is 0. The van der Waals surface area contributed by atoms with Crippen LogP contribution in [0.25, 0.3) is 0 Å². The van der Waals surface area contributed by atoms with Gasteiger partial charge in [0.05, 0.1) is 6.61 Å². The molecule has 0 bridgehead atoms. The molecule has 0 fully saturated rings. The zero-order valence-electron chi connectivity index (χ0n) is 11.5. The molecule has 0 aliphatic rings. The second-order valence-electron chi connectivity index (χ2n) is 4.40. The van der Waals surface area contributed by atoms with Crippen molar-refractivity contribution in [2.24, 2.45) is 11.7 Å². The standard InChI is InChI=1S/C14H25N3O/c1-3-6-12(8-9-15)11-17-14-13(18-4-2)7-5-10-16-14/h5,7,10,12H,3-4,6,8-9,11,15H2,1-2H3,(H,16,17). The number of nitrogens with one attached hydrogen (secondary N) is 1. The first kappa shape index (κ1) is 14.8. The van der Waals surface area contributed by atoms with Crippen molar-refractivity contribution in [3.05, 3.63) is 18.3 Å². The van der Waals surface area contributed by atoms with Crippen LogP contribution < -0.4 is 15.8 Å². The molecule has 0 saturated heterocycles. The largest absolute Gasteiger partial charge is 0.490 e. The predicted molar refractivity (Wildman–Crippen MR) is 76.0 cm³/mol. The van der Waals surface area contributed by atoms with Gasteiger partial charge in [-0.25, -0.2) is 4.98 Å². The monoisotopic (exact) mass is 251 g/mol. The van der Waals surface area contributed by atoms with E-state index < -0.39 is 0 Å². The van der Waals surface area contributed by atoms with Gasteiger partial charge in [0.2, 0.25) is 0 Å². The van der Waals surface area contributed by atoms with Crippen molar-refractivity contribution in [3.8, 4) is 5.75 Å². The minimum atomic E-state index is 0.608. The molecule has 1 atom stereocenters. The lowest BCUT2D eigenvalue weighted by Crippen LogP contribution is -2.18. The third-order valence-corrected chi connectivity index (χ3v) is 2.90. The molecule has 1 aromatic heterocycles. The van der Waals surface area contributed by atoms with Crippen LogP contribution in [0.4, 0.5) is 5.82 Å². The minimum absolute atomic E-state index is 0.608. The summed E-state index contributed by atoms with van der Waals surface area (Å²) in [5, 5.41) is 3.38. The number of nitrogens with zero attached hydrogens (tertiary/aromatic N) is 1. The van der Waals surface area contributed by atoms with Crippen LogP contribution >= 0.6 is 0 Å². The molecule has 1 heterocycles. The third kappa shape index (κ3) is 4.92. The van der Waals surface area contributed by atoms with E-state index in [9.17, 15) is 0 Å². The molecule has 4 nitrogen and oxygen atoms in total. The molecule has 0 aliphatic carbocycles. The quantitative estimate of drug-likeness (QED) is 0.708. The molecule has 0 aromatic carbocycles. The molecular formula is C14H25N3O. The van der Waals surface area contributed by atoms with Gasteiger partial charge in [-0.1, -0.05) is 13.3 Å². The molecular weight excluding hydrogens is 226 g/mol. The number of rotatable bonds is 9. The summed E-state index contributed by atoms with van der Waals surface area (Å²) in [6.45, 7) is 6.48. The van der Waals surface area contributed by atoms with Crippen molar-refractivity contribution in [1.29, 1.82) is 0 Å². The van der Waals surface area contributed by atoms with Crippen LogP contribution in [0.2, 0.25) is 0 Å². The Labute approximate surface area is 110 Å². The first-order chi connectivity index (χ1) is 8.81. The number of aromatic nitrogens is 1. The van der Waals surface area contributed by atoms with Gasteiger partial charge >= 0.3 is 0 Å². The van der Waals surface area contributed by atoms with E-state index in [1.165, 1.54) is 12.8 Å². The maximum Gasteiger partial charge on any atom is 0.168 e. The molecule has 0 saturated carbocycles. The lowest BCUT2D eigenvalue weighted by atomic mass is 10.00. The van der Waals surface area contributed by atoms with Crippen molar-refractivity contribution < 1.29 is 4.74 Å².